The second-order valence-electron chi connectivity index (χ2n) is 7.42. The average Bonchev–Trinajstić information content (AvgIpc) is 2.96. The minimum absolute atomic E-state index is 0.0252. The molecule has 5 heterocycles. The molecule has 2 atom stereocenters. The van der Waals surface area contributed by atoms with E-state index in [1.165, 1.54) is 17.1 Å². The van der Waals surface area contributed by atoms with Crippen molar-refractivity contribution in [3.05, 3.63) is 64.3 Å². The highest BCUT2D eigenvalue weighted by molar-refractivity contribution is 5.94. The number of aromatic nitrogens is 2. The normalized spacial score (nSPS) is 23.0. The van der Waals surface area contributed by atoms with Gasteiger partial charge in [-0.25, -0.2) is 0 Å². The Kier molecular flexibility index (Phi) is 4.59. The van der Waals surface area contributed by atoms with Gasteiger partial charge in [-0.2, -0.15) is 0 Å². The molecule has 26 heavy (non-hydrogen) atoms. The van der Waals surface area contributed by atoms with Crippen LogP contribution in [0.15, 0.2) is 47.5 Å². The number of hydrogen-bond donors (Lipinski definition) is 0. The molecule has 0 aromatic carbocycles. The fourth-order valence-electron chi connectivity index (χ4n) is 4.14. The first-order chi connectivity index (χ1) is 12.6. The molecule has 3 fully saturated rings. The average molecular weight is 352 g/mol. The number of piperidine rings is 1. The summed E-state index contributed by atoms with van der Waals surface area (Å²) in [6.07, 6.45) is 5.76. The molecule has 136 valence electrons. The van der Waals surface area contributed by atoms with Crippen molar-refractivity contribution in [1.82, 2.24) is 19.4 Å². The summed E-state index contributed by atoms with van der Waals surface area (Å²) in [6, 6.07) is 9.49. The van der Waals surface area contributed by atoms with Crippen molar-refractivity contribution in [3.63, 3.8) is 0 Å². The predicted octanol–water partition coefficient (Wildman–Crippen LogP) is 1.52. The fraction of sp³-hybridized carbons (Fsp3) is 0.450. The maximum absolute atomic E-state index is 13.0. The summed E-state index contributed by atoms with van der Waals surface area (Å²) in [7, 11) is 1.68. The maximum Gasteiger partial charge on any atom is 0.255 e. The molecule has 2 aromatic rings. The SMILES string of the molecule is Cn1cc(C(=O)N2C[C@@H]3CC[C@H](C2)N(Cc2ccccn2)C3)ccc1=O. The van der Waals surface area contributed by atoms with Gasteiger partial charge in [0.25, 0.3) is 5.91 Å². The molecule has 6 nitrogen and oxygen atoms in total. The zero-order chi connectivity index (χ0) is 18.1. The molecule has 2 bridgehead atoms. The van der Waals surface area contributed by atoms with Gasteiger partial charge in [0.1, 0.15) is 0 Å². The Morgan fingerprint density at radius 2 is 2.04 bits per heavy atom. The molecule has 0 spiro atoms. The van der Waals surface area contributed by atoms with E-state index in [0.717, 1.165) is 38.3 Å². The van der Waals surface area contributed by atoms with E-state index in [1.54, 1.807) is 19.3 Å². The number of rotatable bonds is 3. The Balaban J connectivity index is 1.51. The highest BCUT2D eigenvalue weighted by Crippen LogP contribution is 2.29. The molecule has 5 rings (SSSR count). The van der Waals surface area contributed by atoms with E-state index in [2.05, 4.69) is 16.0 Å². The van der Waals surface area contributed by atoms with E-state index in [0.29, 0.717) is 17.5 Å². The summed E-state index contributed by atoms with van der Waals surface area (Å²) >= 11 is 0. The lowest BCUT2D eigenvalue weighted by Crippen LogP contribution is -2.44. The molecule has 0 aliphatic carbocycles. The van der Waals surface area contributed by atoms with Crippen molar-refractivity contribution in [1.29, 1.82) is 0 Å². The standard InChI is InChI=1S/C20H24N4O2/c1-22-12-16(6-8-19(22)25)20(26)24-11-15-5-7-18(14-24)23(10-15)13-17-4-2-3-9-21-17/h2-4,6,8-9,12,15,18H,5,7,10-11,13-14H2,1H3/t15-,18-/m1/s1. The van der Waals surface area contributed by atoms with Crippen molar-refractivity contribution in [2.45, 2.75) is 25.4 Å². The van der Waals surface area contributed by atoms with Crippen LogP contribution < -0.4 is 5.56 Å². The van der Waals surface area contributed by atoms with E-state index in [-0.39, 0.29) is 11.5 Å². The highest BCUT2D eigenvalue weighted by Gasteiger charge is 2.36. The number of amides is 1. The summed E-state index contributed by atoms with van der Waals surface area (Å²) in [4.78, 5) is 33.5. The van der Waals surface area contributed by atoms with Crippen molar-refractivity contribution < 1.29 is 4.79 Å². The number of aryl methyl sites for hydroxylation is 1. The highest BCUT2D eigenvalue weighted by atomic mass is 16.2. The molecule has 0 saturated carbocycles. The third kappa shape index (κ3) is 3.42. The van der Waals surface area contributed by atoms with Gasteiger partial charge < -0.3 is 9.47 Å². The Morgan fingerprint density at radius 3 is 2.81 bits per heavy atom. The van der Waals surface area contributed by atoms with Gasteiger partial charge >= 0.3 is 0 Å². The molecule has 6 heteroatoms. The molecule has 1 amide bonds. The van der Waals surface area contributed by atoms with Gasteiger partial charge in [0, 0.05) is 57.7 Å². The van der Waals surface area contributed by atoms with E-state index in [4.69, 9.17) is 0 Å². The summed E-state index contributed by atoms with van der Waals surface area (Å²) in [5.41, 5.74) is 1.57. The zero-order valence-electron chi connectivity index (χ0n) is 15.0. The van der Waals surface area contributed by atoms with Crippen LogP contribution in [0.25, 0.3) is 0 Å². The smallest absolute Gasteiger partial charge is 0.255 e. The predicted molar refractivity (Wildman–Crippen MR) is 98.7 cm³/mol. The summed E-state index contributed by atoms with van der Waals surface area (Å²) in [5.74, 6) is 0.520. The molecule has 2 aromatic heterocycles. The zero-order valence-corrected chi connectivity index (χ0v) is 15.0. The number of nitrogens with zero attached hydrogens (tertiary/aromatic N) is 4. The number of pyridine rings is 2. The first-order valence-electron chi connectivity index (χ1n) is 9.20. The van der Waals surface area contributed by atoms with Crippen LogP contribution in [0.3, 0.4) is 0 Å². The van der Waals surface area contributed by atoms with Crippen LogP contribution in [-0.4, -0.2) is 50.9 Å². The monoisotopic (exact) mass is 352 g/mol. The number of hydrogen-bond acceptors (Lipinski definition) is 4. The van der Waals surface area contributed by atoms with Gasteiger partial charge in [0.15, 0.2) is 0 Å². The molecule has 3 aliphatic rings. The van der Waals surface area contributed by atoms with Crippen LogP contribution in [0.5, 0.6) is 0 Å². The molecule has 0 unspecified atom stereocenters. The number of carbonyl (C=O) groups is 1. The second kappa shape index (κ2) is 7.03. The maximum atomic E-state index is 13.0. The minimum Gasteiger partial charge on any atom is -0.337 e. The van der Waals surface area contributed by atoms with Crippen LogP contribution in [-0.2, 0) is 13.6 Å². The number of carbonyl (C=O) groups excluding carboxylic acids is 1. The lowest BCUT2D eigenvalue weighted by atomic mass is 9.95. The van der Waals surface area contributed by atoms with Crippen molar-refractivity contribution >= 4 is 5.91 Å². The van der Waals surface area contributed by atoms with Gasteiger partial charge in [-0.05, 0) is 37.0 Å². The van der Waals surface area contributed by atoms with Gasteiger partial charge in [0.05, 0.1) is 11.3 Å². The molecule has 0 radical (unpaired) electrons. The van der Waals surface area contributed by atoms with Crippen LogP contribution in [0.2, 0.25) is 0 Å². The summed E-state index contributed by atoms with van der Waals surface area (Å²) in [5, 5.41) is 0. The van der Waals surface area contributed by atoms with Gasteiger partial charge in [-0.3, -0.25) is 19.5 Å². The largest absolute Gasteiger partial charge is 0.337 e. The van der Waals surface area contributed by atoms with E-state index < -0.39 is 0 Å². The van der Waals surface area contributed by atoms with Crippen molar-refractivity contribution in [2.75, 3.05) is 19.6 Å². The van der Waals surface area contributed by atoms with Crippen LogP contribution >= 0.6 is 0 Å². The molecule has 3 saturated heterocycles. The van der Waals surface area contributed by atoms with E-state index >= 15 is 0 Å². The minimum atomic E-state index is -0.0981. The van der Waals surface area contributed by atoms with Crippen molar-refractivity contribution in [3.8, 4) is 0 Å². The molecular formula is C20H24N4O2. The Labute approximate surface area is 153 Å². The third-order valence-electron chi connectivity index (χ3n) is 5.54. The Hall–Kier alpha value is -2.47. The third-order valence-corrected chi connectivity index (χ3v) is 5.54. The lowest BCUT2D eigenvalue weighted by molar-refractivity contribution is 0.0734. The second-order valence-corrected chi connectivity index (χ2v) is 7.42. The number of fused-ring (bicyclic) bond motifs is 4. The first-order valence-corrected chi connectivity index (χ1v) is 9.20. The van der Waals surface area contributed by atoms with E-state index in [1.807, 2.05) is 23.2 Å². The van der Waals surface area contributed by atoms with E-state index in [9.17, 15) is 9.59 Å². The fourth-order valence-corrected chi connectivity index (χ4v) is 4.14. The first kappa shape index (κ1) is 17.0. The lowest BCUT2D eigenvalue weighted by Gasteiger charge is -2.35. The van der Waals surface area contributed by atoms with Gasteiger partial charge in [-0.1, -0.05) is 6.07 Å². The quantitative estimate of drug-likeness (QED) is 0.840. The van der Waals surface area contributed by atoms with Crippen LogP contribution in [0, 0.1) is 5.92 Å². The van der Waals surface area contributed by atoms with Crippen LogP contribution in [0.4, 0.5) is 0 Å². The van der Waals surface area contributed by atoms with Crippen molar-refractivity contribution in [2.24, 2.45) is 13.0 Å². The molecular weight excluding hydrogens is 328 g/mol. The molecule has 3 aliphatic heterocycles. The Bertz CT molecular complexity index is 848. The van der Waals surface area contributed by atoms with Crippen LogP contribution in [0.1, 0.15) is 28.9 Å². The topological polar surface area (TPSA) is 58.4 Å². The van der Waals surface area contributed by atoms with Gasteiger partial charge in [-0.15, -0.1) is 0 Å². The summed E-state index contributed by atoms with van der Waals surface area (Å²) in [6.45, 7) is 3.38. The van der Waals surface area contributed by atoms with Gasteiger partial charge in [0.2, 0.25) is 5.56 Å². The molecule has 0 N–H and O–H groups in total. The summed E-state index contributed by atoms with van der Waals surface area (Å²) < 4.78 is 1.47. The Morgan fingerprint density at radius 1 is 1.15 bits per heavy atom.